The van der Waals surface area contributed by atoms with E-state index < -0.39 is 0 Å². The summed E-state index contributed by atoms with van der Waals surface area (Å²) in [6.45, 7) is 25.8. The lowest BCUT2D eigenvalue weighted by molar-refractivity contribution is 0.823. The van der Waals surface area contributed by atoms with Gasteiger partial charge in [-0.1, -0.05) is 48.5 Å². The molecule has 4 heteroatoms. The van der Waals surface area contributed by atoms with Gasteiger partial charge < -0.3 is 19.6 Å². The Morgan fingerprint density at radius 2 is 0.694 bits per heavy atom. The van der Waals surface area contributed by atoms with Gasteiger partial charge in [-0.15, -0.1) is 5.73 Å². The van der Waals surface area contributed by atoms with Crippen molar-refractivity contribution in [3.05, 3.63) is 131 Å². The summed E-state index contributed by atoms with van der Waals surface area (Å²) in [5.74, 6) is 0.223. The Kier molecular flexibility index (Phi) is 14.5. The zero-order valence-corrected chi connectivity index (χ0v) is 31.5. The molecule has 0 N–H and O–H groups in total. The predicted molar refractivity (Wildman–Crippen MR) is 217 cm³/mol. The number of anilines is 4. The van der Waals surface area contributed by atoms with Crippen LogP contribution in [0.1, 0.15) is 90.0 Å². The van der Waals surface area contributed by atoms with Crippen LogP contribution in [0.5, 0.6) is 0 Å². The molecule has 0 saturated carbocycles. The molecule has 0 bridgehead atoms. The van der Waals surface area contributed by atoms with Crippen LogP contribution in [0, 0.1) is 0 Å². The van der Waals surface area contributed by atoms with E-state index in [1.54, 1.807) is 0 Å². The second-order valence-corrected chi connectivity index (χ2v) is 12.5. The molecule has 4 nitrogen and oxygen atoms in total. The van der Waals surface area contributed by atoms with Gasteiger partial charge in [0.05, 0.1) is 0 Å². The van der Waals surface area contributed by atoms with Crippen LogP contribution in [0.2, 0.25) is 0 Å². The normalized spacial score (nSPS) is 10.9. The summed E-state index contributed by atoms with van der Waals surface area (Å²) < 4.78 is 0. The highest BCUT2D eigenvalue weighted by molar-refractivity contribution is 5.80. The van der Waals surface area contributed by atoms with Crippen LogP contribution in [0.4, 0.5) is 22.7 Å². The zero-order valence-electron chi connectivity index (χ0n) is 31.5. The average molecular weight is 657 g/mol. The van der Waals surface area contributed by atoms with Gasteiger partial charge in [-0.2, -0.15) is 0 Å². The highest BCUT2D eigenvalue weighted by Crippen LogP contribution is 2.33. The number of benzene rings is 4. The molecule has 0 unspecified atom stereocenters. The first-order valence-corrected chi connectivity index (χ1v) is 18.8. The van der Waals surface area contributed by atoms with Crippen molar-refractivity contribution in [2.24, 2.45) is 0 Å². The second kappa shape index (κ2) is 19.0. The van der Waals surface area contributed by atoms with E-state index in [0.29, 0.717) is 0 Å². The number of nitrogens with zero attached hydrogens (tertiary/aromatic N) is 4. The summed E-state index contributed by atoms with van der Waals surface area (Å²) >= 11 is 0. The Morgan fingerprint density at radius 3 is 0.959 bits per heavy atom. The molecule has 4 rings (SSSR count). The number of rotatable bonds is 18. The van der Waals surface area contributed by atoms with Crippen LogP contribution in [0.25, 0.3) is 5.57 Å². The van der Waals surface area contributed by atoms with Crippen molar-refractivity contribution in [3.8, 4) is 0 Å². The molecule has 0 atom stereocenters. The molecule has 0 aliphatic rings. The van der Waals surface area contributed by atoms with Crippen molar-refractivity contribution in [1.82, 2.24) is 0 Å². The van der Waals surface area contributed by atoms with Crippen molar-refractivity contribution < 1.29 is 0 Å². The average Bonchev–Trinajstić information content (AvgIpc) is 3.15. The molecule has 0 fully saturated rings. The highest BCUT2D eigenvalue weighted by Gasteiger charge is 2.15. The fourth-order valence-corrected chi connectivity index (χ4v) is 6.94. The van der Waals surface area contributed by atoms with Gasteiger partial charge >= 0.3 is 0 Å². The molecular formula is C45H60N4. The van der Waals surface area contributed by atoms with Crippen molar-refractivity contribution in [3.63, 3.8) is 0 Å². The van der Waals surface area contributed by atoms with E-state index in [9.17, 15) is 0 Å². The van der Waals surface area contributed by atoms with Crippen LogP contribution in [-0.4, -0.2) is 52.4 Å². The summed E-state index contributed by atoms with van der Waals surface area (Å²) in [7, 11) is 0. The molecule has 4 aromatic rings. The summed E-state index contributed by atoms with van der Waals surface area (Å²) in [5.41, 5.74) is 15.1. The molecular weight excluding hydrogens is 597 g/mol. The largest absolute Gasteiger partial charge is 0.372 e. The highest BCUT2D eigenvalue weighted by atomic mass is 15.1. The first-order chi connectivity index (χ1) is 23.9. The molecule has 0 saturated heterocycles. The summed E-state index contributed by atoms with van der Waals surface area (Å²) in [4.78, 5) is 9.60. The monoisotopic (exact) mass is 656 g/mol. The molecule has 0 amide bonds. The van der Waals surface area contributed by atoms with Crippen molar-refractivity contribution >= 4 is 28.3 Å². The molecule has 260 valence electrons. The third-order valence-electron chi connectivity index (χ3n) is 10.0. The van der Waals surface area contributed by atoms with E-state index in [4.69, 9.17) is 0 Å². The van der Waals surface area contributed by atoms with Crippen molar-refractivity contribution in [2.75, 3.05) is 72.0 Å². The van der Waals surface area contributed by atoms with Crippen LogP contribution in [0.3, 0.4) is 0 Å². The number of allylic oxidation sites excluding steroid dienone is 1. The Balaban J connectivity index is 1.78. The first-order valence-electron chi connectivity index (χ1n) is 18.8. The molecule has 0 radical (unpaired) electrons. The minimum atomic E-state index is 0.223. The number of hydrogen-bond donors (Lipinski definition) is 0. The molecule has 0 spiro atoms. The van der Waals surface area contributed by atoms with Crippen LogP contribution in [-0.2, 0) is 0 Å². The van der Waals surface area contributed by atoms with Gasteiger partial charge in [-0.25, -0.2) is 0 Å². The molecule has 0 aromatic heterocycles. The topological polar surface area (TPSA) is 13.0 Å². The standard InChI is InChI=1S/C45H60N4/c1-9-46(10-2)40-28-20-36(21-29-40)44(37-22-30-41(31-23-37)47(11-3)12-4)18-17-19-45(38-24-32-42(33-25-38)48(13-5)14-6)39-26-34-43(35-27-39)49(15-7)16-8/h17,20-35,44H,9-16,18H2,1-8H3. The third kappa shape index (κ3) is 9.40. The van der Waals surface area contributed by atoms with E-state index in [0.717, 1.165) is 64.4 Å². The van der Waals surface area contributed by atoms with E-state index >= 15 is 0 Å². The van der Waals surface area contributed by atoms with Crippen molar-refractivity contribution in [2.45, 2.75) is 67.7 Å². The first kappa shape index (κ1) is 37.4. The Hall–Kier alpha value is -4.40. The lowest BCUT2D eigenvalue weighted by atomic mass is 9.88. The SMILES string of the molecule is CCN(CC)c1ccc(C(=C=CCC(c2ccc(N(CC)CC)cc2)c2ccc(N(CC)CC)cc2)c2ccc(N(CC)CC)cc2)cc1. The fourth-order valence-electron chi connectivity index (χ4n) is 6.94. The van der Waals surface area contributed by atoms with E-state index in [1.807, 2.05) is 0 Å². The van der Waals surface area contributed by atoms with Gasteiger partial charge in [0.15, 0.2) is 0 Å². The molecule has 0 aliphatic carbocycles. The number of hydrogen-bond acceptors (Lipinski definition) is 4. The van der Waals surface area contributed by atoms with E-state index in [1.165, 1.54) is 45.0 Å². The van der Waals surface area contributed by atoms with Gasteiger partial charge in [0, 0.05) is 86.6 Å². The van der Waals surface area contributed by atoms with E-state index in [2.05, 4.69) is 184 Å². The lowest BCUT2D eigenvalue weighted by Crippen LogP contribution is -2.21. The fraction of sp³-hybridized carbons (Fsp3) is 0.400. The van der Waals surface area contributed by atoms with E-state index in [-0.39, 0.29) is 5.92 Å². The maximum absolute atomic E-state index is 3.82. The van der Waals surface area contributed by atoms with Gasteiger partial charge in [0.25, 0.3) is 0 Å². The molecule has 0 aliphatic heterocycles. The van der Waals surface area contributed by atoms with Crippen LogP contribution >= 0.6 is 0 Å². The van der Waals surface area contributed by atoms with Gasteiger partial charge in [-0.3, -0.25) is 0 Å². The Labute approximate surface area is 298 Å². The van der Waals surface area contributed by atoms with Crippen LogP contribution in [0.15, 0.2) is 109 Å². The third-order valence-corrected chi connectivity index (χ3v) is 10.0. The predicted octanol–water partition coefficient (Wildman–Crippen LogP) is 10.9. The summed E-state index contributed by atoms with van der Waals surface area (Å²) in [6.07, 6.45) is 3.13. The zero-order chi connectivity index (χ0) is 35.2. The van der Waals surface area contributed by atoms with Gasteiger partial charge in [0.1, 0.15) is 0 Å². The smallest absolute Gasteiger partial charge is 0.0366 e. The Bertz CT molecular complexity index is 1470. The van der Waals surface area contributed by atoms with Crippen molar-refractivity contribution in [1.29, 1.82) is 0 Å². The lowest BCUT2D eigenvalue weighted by Gasteiger charge is -2.24. The molecule has 4 aromatic carbocycles. The Morgan fingerprint density at radius 1 is 0.429 bits per heavy atom. The molecule has 0 heterocycles. The minimum Gasteiger partial charge on any atom is -0.372 e. The summed E-state index contributed by atoms with van der Waals surface area (Å²) in [5, 5.41) is 0. The second-order valence-electron chi connectivity index (χ2n) is 12.5. The summed E-state index contributed by atoms with van der Waals surface area (Å²) in [6, 6.07) is 36.5. The molecule has 49 heavy (non-hydrogen) atoms. The van der Waals surface area contributed by atoms with Crippen LogP contribution < -0.4 is 19.6 Å². The minimum absolute atomic E-state index is 0.223. The quantitative estimate of drug-likeness (QED) is 0.0988. The maximum Gasteiger partial charge on any atom is 0.0366 e. The van der Waals surface area contributed by atoms with Gasteiger partial charge in [0.2, 0.25) is 0 Å². The maximum atomic E-state index is 3.82. The van der Waals surface area contributed by atoms with Gasteiger partial charge in [-0.05, 0) is 139 Å².